The van der Waals surface area contributed by atoms with E-state index >= 15 is 0 Å². The average Bonchev–Trinajstić information content (AvgIpc) is 2.42. The normalized spacial score (nSPS) is 23.2. The first-order chi connectivity index (χ1) is 3.43. The van der Waals surface area contributed by atoms with Gasteiger partial charge >= 0.3 is 0 Å². The largest absolute Gasteiger partial charge is 0.499 e. The third kappa shape index (κ3) is 3.27. The van der Waals surface area contributed by atoms with Crippen LogP contribution >= 0.6 is 0 Å². The van der Waals surface area contributed by atoms with E-state index in [1.165, 1.54) is 6.26 Å². The van der Waals surface area contributed by atoms with Crippen molar-refractivity contribution in [2.24, 2.45) is 0 Å². The van der Waals surface area contributed by atoms with E-state index in [-0.39, 0.29) is 22.4 Å². The molecule has 8 heavy (non-hydrogen) atoms. The Labute approximate surface area is 64.4 Å². The second-order valence-corrected chi connectivity index (χ2v) is 1.46. The van der Waals surface area contributed by atoms with Gasteiger partial charge in [0.25, 0.3) is 0 Å². The fourth-order valence-electron chi connectivity index (χ4n) is 0.340. The van der Waals surface area contributed by atoms with Crippen LogP contribution in [0, 0.1) is 0 Å². The van der Waals surface area contributed by atoms with Crippen LogP contribution in [-0.4, -0.2) is 19.3 Å². The van der Waals surface area contributed by atoms with Crippen molar-refractivity contribution in [3.05, 3.63) is 12.8 Å². The predicted octanol–water partition coefficient (Wildman–Crippen LogP) is 0.543. The summed E-state index contributed by atoms with van der Waals surface area (Å²) in [6, 6.07) is 0. The van der Waals surface area contributed by atoms with Gasteiger partial charge in [0.05, 0.1) is 12.9 Å². The van der Waals surface area contributed by atoms with Gasteiger partial charge in [0.2, 0.25) is 0 Å². The quantitative estimate of drug-likeness (QED) is 0.431. The van der Waals surface area contributed by atoms with Crippen LogP contribution in [0.1, 0.15) is 0 Å². The van der Waals surface area contributed by atoms with Gasteiger partial charge in [-0.15, -0.1) is 0 Å². The molecule has 0 aromatic heterocycles. The first-order valence-electron chi connectivity index (χ1n) is 2.27. The molecule has 2 nitrogen and oxygen atoms in total. The average molecular weight is 297 g/mol. The summed E-state index contributed by atoms with van der Waals surface area (Å²) in [6.45, 7) is 4.91. The molecule has 51 valence electrons. The molecule has 1 radical (unpaired) electrons. The van der Waals surface area contributed by atoms with Crippen molar-refractivity contribution in [2.45, 2.75) is 6.10 Å². The fourth-order valence-corrected chi connectivity index (χ4v) is 0.340. The predicted molar refractivity (Wildman–Crippen MR) is 25.9 cm³/mol. The Morgan fingerprint density at radius 2 is 2.50 bits per heavy atom. The molecule has 0 spiro atoms. The molecule has 0 N–H and O–H groups in total. The van der Waals surface area contributed by atoms with Crippen molar-refractivity contribution in [2.75, 3.05) is 13.2 Å². The maximum atomic E-state index is 4.84. The Balaban J connectivity index is 0.000000490. The molecule has 1 saturated heterocycles. The summed E-state index contributed by atoms with van der Waals surface area (Å²) in [5.41, 5.74) is 0. The van der Waals surface area contributed by atoms with Crippen LogP contribution < -0.4 is 0 Å². The van der Waals surface area contributed by atoms with Crippen LogP contribution in [0.5, 0.6) is 0 Å². The van der Waals surface area contributed by atoms with Crippen LogP contribution in [0.15, 0.2) is 12.8 Å². The zero-order valence-electron chi connectivity index (χ0n) is 4.39. The molecule has 1 aliphatic rings. The number of hydrogen-bond acceptors (Lipinski definition) is 2. The van der Waals surface area contributed by atoms with E-state index in [9.17, 15) is 0 Å². The number of rotatable bonds is 3. The van der Waals surface area contributed by atoms with Crippen LogP contribution in [0.3, 0.4) is 0 Å². The van der Waals surface area contributed by atoms with Gasteiger partial charge in [0.1, 0.15) is 12.7 Å². The van der Waals surface area contributed by atoms with Gasteiger partial charge < -0.3 is 9.47 Å². The summed E-state index contributed by atoms with van der Waals surface area (Å²) in [5.74, 6) is 0. The monoisotopic (exact) mass is 297 g/mol. The minimum atomic E-state index is 0. The molecule has 1 unspecified atom stereocenters. The van der Waals surface area contributed by atoms with Crippen LogP contribution in [-0.2, 0) is 31.9 Å². The SMILES string of the molecule is C=COCC1CO1.[Au]. The Morgan fingerprint density at radius 3 is 2.88 bits per heavy atom. The maximum absolute atomic E-state index is 4.84. The summed E-state index contributed by atoms with van der Waals surface area (Å²) in [4.78, 5) is 0. The van der Waals surface area contributed by atoms with Gasteiger partial charge in [-0.25, -0.2) is 0 Å². The molecule has 0 aromatic carbocycles. The van der Waals surface area contributed by atoms with Gasteiger partial charge in [-0.1, -0.05) is 6.58 Å². The third-order valence-corrected chi connectivity index (χ3v) is 0.802. The Hall–Kier alpha value is 0.240. The van der Waals surface area contributed by atoms with Gasteiger partial charge in [0.15, 0.2) is 0 Å². The van der Waals surface area contributed by atoms with E-state index in [0.717, 1.165) is 6.61 Å². The topological polar surface area (TPSA) is 21.8 Å². The summed E-state index contributed by atoms with van der Waals surface area (Å²) >= 11 is 0. The molecule has 0 amide bonds. The van der Waals surface area contributed by atoms with Gasteiger partial charge in [0, 0.05) is 22.4 Å². The molecule has 1 aliphatic heterocycles. The molecule has 0 bridgehead atoms. The van der Waals surface area contributed by atoms with Gasteiger partial charge in [-0.05, 0) is 0 Å². The molecule has 1 rings (SSSR count). The summed E-state index contributed by atoms with van der Waals surface area (Å²) in [7, 11) is 0. The summed E-state index contributed by atoms with van der Waals surface area (Å²) < 4.78 is 9.63. The zero-order valence-corrected chi connectivity index (χ0v) is 6.56. The molecule has 1 atom stereocenters. The standard InChI is InChI=1S/C5H8O2.Au/c1-2-6-3-5-4-7-5;/h2,5H,1,3-4H2;. The molecular weight excluding hydrogens is 289 g/mol. The second kappa shape index (κ2) is 4.15. The molecule has 0 aromatic rings. The molecule has 0 saturated carbocycles. The van der Waals surface area contributed by atoms with E-state index in [1.54, 1.807) is 0 Å². The summed E-state index contributed by atoms with van der Waals surface area (Å²) in [6.07, 6.45) is 1.79. The van der Waals surface area contributed by atoms with Gasteiger partial charge in [-0.2, -0.15) is 0 Å². The Kier molecular flexibility index (Phi) is 4.28. The zero-order chi connectivity index (χ0) is 5.11. The maximum Gasteiger partial charge on any atom is 0.116 e. The minimum Gasteiger partial charge on any atom is -0.499 e. The molecule has 1 heterocycles. The van der Waals surface area contributed by atoms with Crippen molar-refractivity contribution in [1.82, 2.24) is 0 Å². The van der Waals surface area contributed by atoms with Gasteiger partial charge in [-0.3, -0.25) is 0 Å². The smallest absolute Gasteiger partial charge is 0.116 e. The van der Waals surface area contributed by atoms with E-state index < -0.39 is 0 Å². The molecular formula is C5H8AuO2. The molecule has 0 aliphatic carbocycles. The van der Waals surface area contributed by atoms with Crippen molar-refractivity contribution >= 4 is 0 Å². The number of epoxide rings is 1. The minimum absolute atomic E-state index is 0. The fraction of sp³-hybridized carbons (Fsp3) is 0.600. The van der Waals surface area contributed by atoms with E-state index in [0.29, 0.717) is 12.7 Å². The van der Waals surface area contributed by atoms with Crippen molar-refractivity contribution in [3.8, 4) is 0 Å². The van der Waals surface area contributed by atoms with E-state index in [4.69, 9.17) is 9.47 Å². The van der Waals surface area contributed by atoms with Crippen molar-refractivity contribution in [3.63, 3.8) is 0 Å². The van der Waals surface area contributed by atoms with Crippen LogP contribution in [0.25, 0.3) is 0 Å². The summed E-state index contributed by atoms with van der Waals surface area (Å²) in [5, 5.41) is 0. The third-order valence-electron chi connectivity index (χ3n) is 0.802. The second-order valence-electron chi connectivity index (χ2n) is 1.46. The van der Waals surface area contributed by atoms with Crippen molar-refractivity contribution < 1.29 is 31.9 Å². The number of hydrogen-bond donors (Lipinski definition) is 0. The van der Waals surface area contributed by atoms with Crippen LogP contribution in [0.4, 0.5) is 0 Å². The first kappa shape index (κ1) is 8.24. The first-order valence-corrected chi connectivity index (χ1v) is 2.27. The van der Waals surface area contributed by atoms with E-state index in [2.05, 4.69) is 6.58 Å². The van der Waals surface area contributed by atoms with Crippen LogP contribution in [0.2, 0.25) is 0 Å². The molecule has 3 heteroatoms. The number of ether oxygens (including phenoxy) is 2. The Morgan fingerprint density at radius 1 is 1.88 bits per heavy atom. The van der Waals surface area contributed by atoms with Crippen molar-refractivity contribution in [1.29, 1.82) is 0 Å². The molecule has 1 fully saturated rings. The van der Waals surface area contributed by atoms with E-state index in [1.807, 2.05) is 0 Å². The Bertz CT molecular complexity index is 70.8.